The van der Waals surface area contributed by atoms with Crippen LogP contribution in [0.1, 0.15) is 39.2 Å². The van der Waals surface area contributed by atoms with E-state index in [1.807, 2.05) is 0 Å². The third kappa shape index (κ3) is 5.79. The number of hydrogen-bond donors (Lipinski definition) is 1. The van der Waals surface area contributed by atoms with Crippen LogP contribution in [0.4, 0.5) is 13.2 Å². The number of carbonyl (C=O) groups excluding carboxylic acids is 2. The van der Waals surface area contributed by atoms with E-state index < -0.39 is 35.1 Å². The molecule has 2 N–H and O–H groups in total. The predicted molar refractivity (Wildman–Crippen MR) is 128 cm³/mol. The quantitative estimate of drug-likeness (QED) is 0.447. The summed E-state index contributed by atoms with van der Waals surface area (Å²) < 4.78 is 48.1. The molecule has 184 valence electrons. The van der Waals surface area contributed by atoms with Crippen LogP contribution < -0.4 is 35.3 Å². The van der Waals surface area contributed by atoms with Gasteiger partial charge in [0.1, 0.15) is 17.5 Å². The molecule has 2 aliphatic heterocycles. The van der Waals surface area contributed by atoms with Gasteiger partial charge in [0, 0.05) is 30.6 Å². The first-order valence-electron chi connectivity index (χ1n) is 11.0. The van der Waals surface area contributed by atoms with E-state index in [1.165, 1.54) is 26.8 Å². The predicted octanol–water partition coefficient (Wildman–Crippen LogP) is -0.476. The topological polar surface area (TPSA) is 72.6 Å². The van der Waals surface area contributed by atoms with Crippen molar-refractivity contribution in [3.8, 4) is 11.1 Å². The number of benzene rings is 2. The van der Waals surface area contributed by atoms with Crippen molar-refractivity contribution in [3.05, 3.63) is 59.4 Å². The Bertz CT molecular complexity index is 1090. The van der Waals surface area contributed by atoms with Crippen LogP contribution in [0, 0.1) is 23.4 Å². The van der Waals surface area contributed by atoms with Crippen LogP contribution in [-0.4, -0.2) is 48.9 Å². The fourth-order valence-electron chi connectivity index (χ4n) is 5.10. The number of fused-ring (bicyclic) bond motifs is 2. The first kappa shape index (κ1) is 29.4. The number of ether oxygens (including phenoxy) is 1. The smallest absolute Gasteiger partial charge is 0.450 e. The van der Waals surface area contributed by atoms with Gasteiger partial charge >= 0.3 is 35.5 Å². The van der Waals surface area contributed by atoms with Crippen molar-refractivity contribution in [3.63, 3.8) is 0 Å². The number of halogens is 3. The van der Waals surface area contributed by atoms with E-state index in [4.69, 9.17) is 10.5 Å². The zero-order valence-corrected chi connectivity index (χ0v) is 21.8. The monoisotopic (exact) mass is 498 g/mol. The first-order chi connectivity index (χ1) is 15.5. The van der Waals surface area contributed by atoms with Crippen LogP contribution in [0.2, 0.25) is 0 Å². The Kier molecular flexibility index (Phi) is 9.31. The van der Waals surface area contributed by atoms with Gasteiger partial charge in [0.2, 0.25) is 0 Å². The molecular weight excluding hydrogens is 467 g/mol. The molecular formula is C25H31BF3N2NaO3. The van der Waals surface area contributed by atoms with E-state index >= 15 is 4.39 Å². The van der Waals surface area contributed by atoms with E-state index in [0.29, 0.717) is 5.56 Å². The minimum atomic E-state index is -1.38. The largest absolute Gasteiger partial charge is 1.00 e. The van der Waals surface area contributed by atoms with Crippen molar-refractivity contribution in [2.24, 2.45) is 11.7 Å². The Morgan fingerprint density at radius 2 is 1.71 bits per heavy atom. The second kappa shape index (κ2) is 11.1. The van der Waals surface area contributed by atoms with Crippen LogP contribution in [-0.2, 0) is 20.7 Å². The average Bonchev–Trinajstić information content (AvgIpc) is 2.67. The van der Waals surface area contributed by atoms with Gasteiger partial charge in [-0.15, -0.1) is 0 Å². The number of nitrogens with zero attached hydrogens (tertiary/aromatic N) is 1. The molecule has 1 saturated carbocycles. The molecule has 2 aromatic rings. The molecule has 5 nitrogen and oxygen atoms in total. The summed E-state index contributed by atoms with van der Waals surface area (Å²) in [6, 6.07) is 6.60. The molecule has 1 aliphatic carbocycles. The zero-order chi connectivity index (χ0) is 24.1. The van der Waals surface area contributed by atoms with Crippen LogP contribution in [0.5, 0.6) is 0 Å². The third-order valence-corrected chi connectivity index (χ3v) is 6.72. The van der Waals surface area contributed by atoms with Crippen molar-refractivity contribution in [2.45, 2.75) is 63.8 Å². The Morgan fingerprint density at radius 1 is 1.11 bits per heavy atom. The third-order valence-electron chi connectivity index (χ3n) is 6.72. The van der Waals surface area contributed by atoms with E-state index in [-0.39, 0.29) is 79.4 Å². The molecule has 0 spiro atoms. The molecule has 2 atom stereocenters. The maximum absolute atomic E-state index is 15.5. The molecule has 3 aliphatic rings. The van der Waals surface area contributed by atoms with Crippen LogP contribution in [0.3, 0.4) is 0 Å². The van der Waals surface area contributed by atoms with Crippen molar-refractivity contribution in [1.29, 1.82) is 0 Å². The summed E-state index contributed by atoms with van der Waals surface area (Å²) in [5, 5.41) is 0. The van der Waals surface area contributed by atoms with Gasteiger partial charge in [-0.3, -0.25) is 9.59 Å². The van der Waals surface area contributed by atoms with Crippen molar-refractivity contribution in [2.75, 3.05) is 0 Å². The van der Waals surface area contributed by atoms with Crippen LogP contribution in [0.25, 0.3) is 11.1 Å². The molecule has 2 saturated heterocycles. The fraction of sp³-hybridized carbons (Fsp3) is 0.440. The Hall–Kier alpha value is -1.81. The van der Waals surface area contributed by atoms with Gasteiger partial charge in [-0.05, 0) is 62.3 Å². The minimum Gasteiger partial charge on any atom is -0.450 e. The number of nitrogens with two attached hydrogens (primary N) is 1. The summed E-state index contributed by atoms with van der Waals surface area (Å²) in [4.78, 5) is 26.6. The summed E-state index contributed by atoms with van der Waals surface area (Å²) in [5.41, 5.74) is 5.56. The summed E-state index contributed by atoms with van der Waals surface area (Å²) in [6.07, 6.45) is 1.64. The van der Waals surface area contributed by atoms with Crippen molar-refractivity contribution < 1.29 is 57.1 Å². The molecule has 0 aromatic heterocycles. The molecule has 2 heterocycles. The molecule has 1 amide bonds. The first-order valence-corrected chi connectivity index (χ1v) is 11.0. The average molecular weight is 498 g/mol. The van der Waals surface area contributed by atoms with Gasteiger partial charge in [-0.25, -0.2) is 13.2 Å². The van der Waals surface area contributed by atoms with Gasteiger partial charge in [0.05, 0.1) is 6.04 Å². The fourth-order valence-corrected chi connectivity index (χ4v) is 5.10. The van der Waals surface area contributed by atoms with Gasteiger partial charge in [-0.1, -0.05) is 26.6 Å². The molecule has 3 fully saturated rings. The van der Waals surface area contributed by atoms with Crippen LogP contribution >= 0.6 is 0 Å². The van der Waals surface area contributed by atoms with E-state index in [2.05, 4.69) is 0 Å². The Labute approximate surface area is 227 Å². The molecule has 2 bridgehead atoms. The van der Waals surface area contributed by atoms with Crippen molar-refractivity contribution in [1.82, 2.24) is 4.90 Å². The molecule has 0 radical (unpaired) electrons. The van der Waals surface area contributed by atoms with Crippen molar-refractivity contribution >= 4 is 20.3 Å². The number of amides is 1. The van der Waals surface area contributed by atoms with E-state index in [0.717, 1.165) is 31.0 Å². The van der Waals surface area contributed by atoms with Crippen LogP contribution in [0.15, 0.2) is 36.4 Å². The van der Waals surface area contributed by atoms with E-state index in [1.54, 1.807) is 17.0 Å². The summed E-state index contributed by atoms with van der Waals surface area (Å²) in [5.74, 6) is -2.92. The zero-order valence-electron chi connectivity index (χ0n) is 19.8. The van der Waals surface area contributed by atoms with Gasteiger partial charge < -0.3 is 15.4 Å². The number of piperidine rings is 2. The molecule has 5 rings (SSSR count). The van der Waals surface area contributed by atoms with Gasteiger partial charge in [-0.2, -0.15) is 0 Å². The Balaban J connectivity index is 0.00000216. The second-order valence-electron chi connectivity index (χ2n) is 9.49. The number of esters is 1. The number of rotatable bonds is 5. The maximum Gasteiger partial charge on any atom is 1.00 e. The summed E-state index contributed by atoms with van der Waals surface area (Å²) in [7, 11) is 0. The molecule has 0 unspecified atom stereocenters. The second-order valence-corrected chi connectivity index (χ2v) is 9.49. The number of hydrogen-bond acceptors (Lipinski definition) is 4. The summed E-state index contributed by atoms with van der Waals surface area (Å²) >= 11 is 0. The van der Waals surface area contributed by atoms with E-state index in [9.17, 15) is 18.4 Å². The van der Waals surface area contributed by atoms with Gasteiger partial charge in [0.25, 0.3) is 5.91 Å². The maximum atomic E-state index is 15.5. The Morgan fingerprint density at radius 3 is 2.29 bits per heavy atom. The molecule has 35 heavy (non-hydrogen) atoms. The molecule has 10 heteroatoms. The SMILES string of the molecule is CC(=O)OC(C)(C)C(=O)N1C2CC(C2)[C@H](N)[C@@H]1Cc1cccc(-c2cc(F)cc(F)c2)c1F.[BH4-].[Na+]. The van der Waals surface area contributed by atoms with Gasteiger partial charge in [0.15, 0.2) is 5.60 Å². The summed E-state index contributed by atoms with van der Waals surface area (Å²) in [6.45, 7) is 4.30. The minimum absolute atomic E-state index is 0. The normalized spacial score (nSPS) is 22.9. The molecule has 2 aromatic carbocycles. The standard InChI is InChI=1S/C25H27F3N2O3.BH4.Na/c1-13(31)33-25(2,3)24(32)30-19-9-16(10-19)23(29)21(30)11-14-5-4-6-20(22(14)28)15-7-17(26)12-18(27)8-15;;/h4-8,12,16,19,21,23H,9-11,29H2,1-3H3;1H4;/q;-1;+1/t16?,19?,21-,23-;;/m0../s1. The number of carbonyl (C=O) groups is 2.